The minimum absolute atomic E-state index is 0.0814. The van der Waals surface area contributed by atoms with Crippen molar-refractivity contribution in [3.8, 4) is 0 Å². The van der Waals surface area contributed by atoms with Crippen molar-refractivity contribution < 1.29 is 9.21 Å². The van der Waals surface area contributed by atoms with E-state index in [0.717, 1.165) is 15.5 Å². The lowest BCUT2D eigenvalue weighted by Gasteiger charge is -2.05. The van der Waals surface area contributed by atoms with Gasteiger partial charge in [0.2, 0.25) is 0 Å². The molecule has 0 unspecified atom stereocenters. The highest BCUT2D eigenvalue weighted by atomic mass is 35.5. The highest BCUT2D eigenvalue weighted by molar-refractivity contribution is 7.22. The second kappa shape index (κ2) is 6.86. The number of hydrogen-bond acceptors (Lipinski definition) is 6. The van der Waals surface area contributed by atoms with Crippen LogP contribution in [0.25, 0.3) is 10.2 Å². The van der Waals surface area contributed by atoms with Crippen molar-refractivity contribution in [3.63, 3.8) is 0 Å². The maximum atomic E-state index is 12.6. The number of halogens is 1. The van der Waals surface area contributed by atoms with Crippen molar-refractivity contribution in [2.75, 3.05) is 5.32 Å². The molecule has 1 amide bonds. The van der Waals surface area contributed by atoms with Crippen LogP contribution in [-0.4, -0.2) is 20.4 Å². The molecule has 0 saturated carbocycles. The molecule has 4 aromatic rings. The standard InChI is InChI=1S/C17H11ClN4O4S/c18-9-3-4-12-13(6-9)27-16(20-12)21-14(23)11-7-19-17(25)22(15(11)24)8-10-2-1-5-26-10/h1-7H,8H2,(H,19,25)(H,20,21,23). The predicted octanol–water partition coefficient (Wildman–Crippen LogP) is 2.69. The monoisotopic (exact) mass is 402 g/mol. The molecule has 27 heavy (non-hydrogen) atoms. The lowest BCUT2D eigenvalue weighted by atomic mass is 10.3. The number of hydrogen-bond donors (Lipinski definition) is 2. The number of rotatable bonds is 4. The first kappa shape index (κ1) is 17.3. The molecule has 0 aliphatic rings. The lowest BCUT2D eigenvalue weighted by molar-refractivity contribution is 0.102. The van der Waals surface area contributed by atoms with E-state index >= 15 is 0 Å². The Hall–Kier alpha value is -3.17. The van der Waals surface area contributed by atoms with Crippen molar-refractivity contribution in [2.45, 2.75) is 6.54 Å². The van der Waals surface area contributed by atoms with Gasteiger partial charge in [-0.05, 0) is 30.3 Å². The molecule has 10 heteroatoms. The van der Waals surface area contributed by atoms with Crippen LogP contribution >= 0.6 is 22.9 Å². The number of nitrogens with zero attached hydrogens (tertiary/aromatic N) is 2. The number of amides is 1. The first-order chi connectivity index (χ1) is 13.0. The van der Waals surface area contributed by atoms with E-state index in [2.05, 4.69) is 15.3 Å². The van der Waals surface area contributed by atoms with Crippen LogP contribution < -0.4 is 16.6 Å². The third-order valence-electron chi connectivity index (χ3n) is 3.77. The molecule has 0 saturated heterocycles. The second-order valence-corrected chi connectivity index (χ2v) is 7.03. The second-order valence-electron chi connectivity index (χ2n) is 5.56. The smallest absolute Gasteiger partial charge is 0.328 e. The molecule has 4 rings (SSSR count). The number of carbonyl (C=O) groups is 1. The Bertz CT molecular complexity index is 1260. The van der Waals surface area contributed by atoms with E-state index < -0.39 is 17.2 Å². The normalized spacial score (nSPS) is 11.0. The van der Waals surface area contributed by atoms with Crippen LogP contribution in [0.4, 0.5) is 5.13 Å². The van der Waals surface area contributed by atoms with E-state index in [4.69, 9.17) is 16.0 Å². The van der Waals surface area contributed by atoms with Gasteiger partial charge in [0.15, 0.2) is 5.13 Å². The molecule has 1 aromatic carbocycles. The van der Waals surface area contributed by atoms with Crippen molar-refractivity contribution in [3.05, 3.63) is 80.0 Å². The summed E-state index contributed by atoms with van der Waals surface area (Å²) in [5, 5.41) is 3.46. The van der Waals surface area contributed by atoms with Crippen LogP contribution in [0.1, 0.15) is 16.1 Å². The molecule has 0 fully saturated rings. The summed E-state index contributed by atoms with van der Waals surface area (Å²) in [6, 6.07) is 8.44. The molecular formula is C17H11ClN4O4S. The first-order valence-electron chi connectivity index (χ1n) is 7.73. The number of nitrogens with one attached hydrogen (secondary N) is 2. The van der Waals surface area contributed by atoms with E-state index in [0.29, 0.717) is 21.4 Å². The van der Waals surface area contributed by atoms with Crippen molar-refractivity contribution in [1.82, 2.24) is 14.5 Å². The number of carbonyl (C=O) groups excluding carboxylic acids is 1. The van der Waals surface area contributed by atoms with Crippen LogP contribution in [0, 0.1) is 0 Å². The number of furan rings is 1. The van der Waals surface area contributed by atoms with E-state index in [9.17, 15) is 14.4 Å². The zero-order chi connectivity index (χ0) is 19.0. The number of anilines is 1. The molecule has 0 bridgehead atoms. The van der Waals surface area contributed by atoms with Gasteiger partial charge in [0.05, 0.1) is 23.0 Å². The Kier molecular flexibility index (Phi) is 4.38. The molecule has 0 aliphatic heterocycles. The highest BCUT2D eigenvalue weighted by Crippen LogP contribution is 2.28. The van der Waals surface area contributed by atoms with Gasteiger partial charge in [0.1, 0.15) is 11.3 Å². The van der Waals surface area contributed by atoms with Gasteiger partial charge in [-0.3, -0.25) is 19.5 Å². The number of aromatic amines is 1. The zero-order valence-corrected chi connectivity index (χ0v) is 15.1. The minimum Gasteiger partial charge on any atom is -0.467 e. The molecule has 0 spiro atoms. The fraction of sp³-hybridized carbons (Fsp3) is 0.0588. The molecule has 0 atom stereocenters. The van der Waals surface area contributed by atoms with Gasteiger partial charge < -0.3 is 9.40 Å². The summed E-state index contributed by atoms with van der Waals surface area (Å²) in [4.78, 5) is 43.7. The van der Waals surface area contributed by atoms with E-state index in [1.165, 1.54) is 17.6 Å². The number of thiazole rings is 1. The van der Waals surface area contributed by atoms with Gasteiger partial charge >= 0.3 is 5.69 Å². The highest BCUT2D eigenvalue weighted by Gasteiger charge is 2.17. The number of benzene rings is 1. The van der Waals surface area contributed by atoms with Crippen LogP contribution in [0.2, 0.25) is 5.02 Å². The third-order valence-corrected chi connectivity index (χ3v) is 4.94. The zero-order valence-electron chi connectivity index (χ0n) is 13.6. The molecule has 3 heterocycles. The molecule has 0 radical (unpaired) electrons. The average molecular weight is 403 g/mol. The van der Waals surface area contributed by atoms with Gasteiger partial charge in [-0.2, -0.15) is 0 Å². The molecular weight excluding hydrogens is 392 g/mol. The Balaban J connectivity index is 1.65. The number of aromatic nitrogens is 3. The summed E-state index contributed by atoms with van der Waals surface area (Å²) in [6.07, 6.45) is 2.52. The van der Waals surface area contributed by atoms with Gasteiger partial charge in [-0.15, -0.1) is 0 Å². The largest absolute Gasteiger partial charge is 0.467 e. The van der Waals surface area contributed by atoms with E-state index in [-0.39, 0.29) is 12.1 Å². The van der Waals surface area contributed by atoms with Crippen molar-refractivity contribution in [2.24, 2.45) is 0 Å². The Morgan fingerprint density at radius 2 is 2.19 bits per heavy atom. The van der Waals surface area contributed by atoms with E-state index in [1.54, 1.807) is 30.3 Å². The minimum atomic E-state index is -0.725. The fourth-order valence-corrected chi connectivity index (χ4v) is 3.63. The van der Waals surface area contributed by atoms with Crippen molar-refractivity contribution >= 4 is 44.2 Å². The summed E-state index contributed by atoms with van der Waals surface area (Å²) in [6.45, 7) is -0.0814. The van der Waals surface area contributed by atoms with Gasteiger partial charge in [-0.1, -0.05) is 22.9 Å². The Labute approximate surface area is 160 Å². The Morgan fingerprint density at radius 3 is 2.96 bits per heavy atom. The molecule has 8 nitrogen and oxygen atoms in total. The summed E-state index contributed by atoms with van der Waals surface area (Å²) in [5.74, 6) is -0.252. The SMILES string of the molecule is O=C(Nc1nc2ccc(Cl)cc2s1)c1c[nH]c(=O)n(Cc2ccco2)c1=O. The van der Waals surface area contributed by atoms with Crippen LogP contribution in [0.5, 0.6) is 0 Å². The van der Waals surface area contributed by atoms with Gasteiger partial charge in [-0.25, -0.2) is 9.78 Å². The molecule has 0 aliphatic carbocycles. The summed E-state index contributed by atoms with van der Waals surface area (Å²) in [5.41, 5.74) is -0.894. The summed E-state index contributed by atoms with van der Waals surface area (Å²) in [7, 11) is 0. The van der Waals surface area contributed by atoms with E-state index in [1.807, 2.05) is 0 Å². The topological polar surface area (TPSA) is 110 Å². The predicted molar refractivity (Wildman–Crippen MR) is 102 cm³/mol. The van der Waals surface area contributed by atoms with Crippen LogP contribution in [0.15, 0.2) is 56.8 Å². The maximum absolute atomic E-state index is 12.6. The van der Waals surface area contributed by atoms with Crippen LogP contribution in [0.3, 0.4) is 0 Å². The van der Waals surface area contributed by atoms with Gasteiger partial charge in [0, 0.05) is 11.2 Å². The Morgan fingerprint density at radius 1 is 1.33 bits per heavy atom. The quantitative estimate of drug-likeness (QED) is 0.545. The molecule has 136 valence electrons. The third kappa shape index (κ3) is 3.42. The first-order valence-corrected chi connectivity index (χ1v) is 8.93. The van der Waals surface area contributed by atoms with Crippen molar-refractivity contribution in [1.29, 1.82) is 0 Å². The molecule has 3 aromatic heterocycles. The fourth-order valence-electron chi connectivity index (χ4n) is 2.49. The summed E-state index contributed by atoms with van der Waals surface area (Å²) < 4.78 is 6.85. The maximum Gasteiger partial charge on any atom is 0.328 e. The lowest BCUT2D eigenvalue weighted by Crippen LogP contribution is -2.39. The van der Waals surface area contributed by atoms with Crippen LogP contribution in [-0.2, 0) is 6.54 Å². The number of fused-ring (bicyclic) bond motifs is 1. The number of H-pyrrole nitrogens is 1. The average Bonchev–Trinajstić information content (AvgIpc) is 3.27. The van der Waals surface area contributed by atoms with Gasteiger partial charge in [0.25, 0.3) is 11.5 Å². The summed E-state index contributed by atoms with van der Waals surface area (Å²) >= 11 is 7.18. The molecule has 2 N–H and O–H groups in total.